The Morgan fingerprint density at radius 2 is 1.83 bits per heavy atom. The molecule has 1 spiro atoms. The monoisotopic (exact) mass is 412 g/mol. The predicted molar refractivity (Wildman–Crippen MR) is 113 cm³/mol. The summed E-state index contributed by atoms with van der Waals surface area (Å²) in [5.74, 6) is -0.707. The van der Waals surface area contributed by atoms with Gasteiger partial charge in [0.25, 0.3) is 5.91 Å². The number of amides is 1. The van der Waals surface area contributed by atoms with Gasteiger partial charge in [-0.15, -0.1) is 0 Å². The van der Waals surface area contributed by atoms with Crippen LogP contribution in [0.25, 0.3) is 0 Å². The summed E-state index contributed by atoms with van der Waals surface area (Å²) in [6.45, 7) is 4.30. The molecule has 2 fully saturated rings. The van der Waals surface area contributed by atoms with E-state index in [2.05, 4.69) is 17.0 Å². The Morgan fingerprint density at radius 3 is 2.53 bits per heavy atom. The Hall–Kier alpha value is -2.28. The van der Waals surface area contributed by atoms with Crippen molar-refractivity contribution in [2.75, 3.05) is 46.4 Å². The molecule has 0 saturated carbocycles. The lowest BCUT2D eigenvalue weighted by molar-refractivity contribution is -0.177. The maximum Gasteiger partial charge on any atom is 0.256 e. The molecule has 2 aliphatic rings. The highest BCUT2D eigenvalue weighted by atomic mass is 19.1. The molecular weight excluding hydrogens is 383 g/mol. The smallest absolute Gasteiger partial charge is 0.256 e. The van der Waals surface area contributed by atoms with Crippen LogP contribution in [-0.2, 0) is 9.47 Å². The van der Waals surface area contributed by atoms with Crippen molar-refractivity contribution >= 4 is 5.91 Å². The minimum Gasteiger partial charge on any atom is -0.383 e. The summed E-state index contributed by atoms with van der Waals surface area (Å²) in [7, 11) is 1.72. The summed E-state index contributed by atoms with van der Waals surface area (Å²) in [6.07, 6.45) is 1.46. The largest absolute Gasteiger partial charge is 0.383 e. The number of methoxy groups -OCH3 is 1. The number of benzene rings is 2. The maximum atomic E-state index is 14.1. The zero-order chi connectivity index (χ0) is 21.0. The number of carbonyl (C=O) groups excluding carboxylic acids is 1. The zero-order valence-corrected chi connectivity index (χ0v) is 17.4. The Kier molecular flexibility index (Phi) is 6.46. The second kappa shape index (κ2) is 9.25. The summed E-state index contributed by atoms with van der Waals surface area (Å²) < 4.78 is 26.0. The van der Waals surface area contributed by atoms with E-state index in [0.29, 0.717) is 19.7 Å². The Balaban J connectivity index is 1.47. The van der Waals surface area contributed by atoms with Crippen LogP contribution in [0, 0.1) is 5.82 Å². The van der Waals surface area contributed by atoms with E-state index < -0.39 is 5.82 Å². The first-order valence-electron chi connectivity index (χ1n) is 10.6. The molecule has 6 heteroatoms. The second-order valence-electron chi connectivity index (χ2n) is 8.20. The summed E-state index contributed by atoms with van der Waals surface area (Å²) >= 11 is 0. The van der Waals surface area contributed by atoms with Crippen LogP contribution in [0.4, 0.5) is 4.39 Å². The minimum absolute atomic E-state index is 0.00868. The summed E-state index contributed by atoms with van der Waals surface area (Å²) in [4.78, 5) is 17.0. The predicted octanol–water partition coefficient (Wildman–Crippen LogP) is 3.52. The molecule has 4 rings (SSSR count). The van der Waals surface area contributed by atoms with Crippen molar-refractivity contribution in [1.82, 2.24) is 9.80 Å². The molecule has 0 bridgehead atoms. The molecule has 5 nitrogen and oxygen atoms in total. The average molecular weight is 413 g/mol. The molecular formula is C24H29FN2O3. The third-order valence-electron chi connectivity index (χ3n) is 6.18. The third-order valence-corrected chi connectivity index (χ3v) is 6.18. The fourth-order valence-corrected chi connectivity index (χ4v) is 4.51. The van der Waals surface area contributed by atoms with Crippen molar-refractivity contribution in [3.05, 3.63) is 71.5 Å². The van der Waals surface area contributed by atoms with E-state index in [1.54, 1.807) is 30.2 Å². The van der Waals surface area contributed by atoms with Crippen molar-refractivity contribution in [3.63, 3.8) is 0 Å². The Bertz CT molecular complexity index is 853. The number of morpholine rings is 1. The molecule has 2 aromatic rings. The fraction of sp³-hybridized carbons (Fsp3) is 0.458. The number of hydrogen-bond donors (Lipinski definition) is 0. The van der Waals surface area contributed by atoms with Gasteiger partial charge in [0.05, 0.1) is 23.9 Å². The molecule has 2 aliphatic heterocycles. The number of piperidine rings is 1. The molecule has 160 valence electrons. The number of rotatable bonds is 5. The molecule has 1 atom stereocenters. The number of nitrogens with zero attached hydrogens (tertiary/aromatic N) is 2. The lowest BCUT2D eigenvalue weighted by Gasteiger charge is -2.50. The molecule has 0 N–H and O–H groups in total. The highest BCUT2D eigenvalue weighted by molar-refractivity contribution is 5.94. The lowest BCUT2D eigenvalue weighted by atomic mass is 9.87. The fourth-order valence-electron chi connectivity index (χ4n) is 4.51. The van der Waals surface area contributed by atoms with Gasteiger partial charge in [0.2, 0.25) is 0 Å². The standard InChI is InChI=1S/C24H29FN2O3/c1-29-16-15-26-17-22(19-7-3-2-4-8-19)30-24(18-26)11-13-27(14-12-24)23(28)20-9-5-6-10-21(20)25/h2-10,22H,11-18H2,1H3. The first-order chi connectivity index (χ1) is 14.6. The van der Waals surface area contributed by atoms with Gasteiger partial charge in [-0.1, -0.05) is 42.5 Å². The van der Waals surface area contributed by atoms with Gasteiger partial charge in [0.1, 0.15) is 5.82 Å². The SMILES string of the molecule is COCCN1CC(c2ccccc2)OC2(CCN(C(=O)c3ccccc3F)CC2)C1. The van der Waals surface area contributed by atoms with E-state index in [0.717, 1.165) is 32.5 Å². The van der Waals surface area contributed by atoms with Gasteiger partial charge >= 0.3 is 0 Å². The second-order valence-corrected chi connectivity index (χ2v) is 8.20. The topological polar surface area (TPSA) is 42.0 Å². The lowest BCUT2D eigenvalue weighted by Crippen LogP contribution is -2.58. The van der Waals surface area contributed by atoms with E-state index in [9.17, 15) is 9.18 Å². The van der Waals surface area contributed by atoms with Gasteiger partial charge in [0.15, 0.2) is 0 Å². The third kappa shape index (κ3) is 4.56. The van der Waals surface area contributed by atoms with Crippen LogP contribution in [-0.4, -0.2) is 67.7 Å². The molecule has 2 aromatic carbocycles. The van der Waals surface area contributed by atoms with Crippen molar-refractivity contribution in [1.29, 1.82) is 0 Å². The molecule has 0 aromatic heterocycles. The van der Waals surface area contributed by atoms with Gasteiger partial charge in [-0.3, -0.25) is 9.69 Å². The van der Waals surface area contributed by atoms with Gasteiger partial charge in [0, 0.05) is 39.8 Å². The van der Waals surface area contributed by atoms with Crippen LogP contribution < -0.4 is 0 Å². The molecule has 2 saturated heterocycles. The van der Waals surface area contributed by atoms with Crippen LogP contribution in [0.15, 0.2) is 54.6 Å². The zero-order valence-electron chi connectivity index (χ0n) is 17.4. The number of carbonyl (C=O) groups is 1. The van der Waals surface area contributed by atoms with E-state index in [4.69, 9.17) is 9.47 Å². The maximum absolute atomic E-state index is 14.1. The molecule has 0 radical (unpaired) electrons. The number of hydrogen-bond acceptors (Lipinski definition) is 4. The van der Waals surface area contributed by atoms with Crippen molar-refractivity contribution < 1.29 is 18.7 Å². The normalized spacial score (nSPS) is 21.7. The molecule has 1 unspecified atom stereocenters. The molecule has 1 amide bonds. The Labute approximate surface area is 177 Å². The van der Waals surface area contributed by atoms with E-state index >= 15 is 0 Å². The minimum atomic E-state index is -0.466. The Morgan fingerprint density at radius 1 is 1.13 bits per heavy atom. The quantitative estimate of drug-likeness (QED) is 0.754. The van der Waals surface area contributed by atoms with Gasteiger partial charge in [-0.05, 0) is 30.5 Å². The van der Waals surface area contributed by atoms with Gasteiger partial charge < -0.3 is 14.4 Å². The summed E-state index contributed by atoms with van der Waals surface area (Å²) in [6, 6.07) is 16.5. The number of halogens is 1. The van der Waals surface area contributed by atoms with Gasteiger partial charge in [-0.25, -0.2) is 4.39 Å². The van der Waals surface area contributed by atoms with Crippen molar-refractivity contribution in [3.8, 4) is 0 Å². The van der Waals surface area contributed by atoms with Crippen LogP contribution in [0.1, 0.15) is 34.9 Å². The van der Waals surface area contributed by atoms with E-state index in [1.165, 1.54) is 11.6 Å². The van der Waals surface area contributed by atoms with Crippen molar-refractivity contribution in [2.45, 2.75) is 24.5 Å². The first-order valence-corrected chi connectivity index (χ1v) is 10.6. The van der Waals surface area contributed by atoms with E-state index in [1.807, 2.05) is 18.2 Å². The van der Waals surface area contributed by atoms with Crippen LogP contribution in [0.3, 0.4) is 0 Å². The van der Waals surface area contributed by atoms with E-state index in [-0.39, 0.29) is 23.2 Å². The van der Waals surface area contributed by atoms with Crippen molar-refractivity contribution in [2.24, 2.45) is 0 Å². The number of ether oxygens (including phenoxy) is 2. The van der Waals surface area contributed by atoms with Crippen LogP contribution >= 0.6 is 0 Å². The molecule has 30 heavy (non-hydrogen) atoms. The van der Waals surface area contributed by atoms with Crippen LogP contribution in [0.2, 0.25) is 0 Å². The average Bonchev–Trinajstić information content (AvgIpc) is 2.78. The molecule has 2 heterocycles. The van der Waals surface area contributed by atoms with Crippen LogP contribution in [0.5, 0.6) is 0 Å². The highest BCUT2D eigenvalue weighted by Gasteiger charge is 2.44. The first kappa shape index (κ1) is 21.0. The summed E-state index contributed by atoms with van der Waals surface area (Å²) in [5.41, 5.74) is 1.00. The van der Waals surface area contributed by atoms with Gasteiger partial charge in [-0.2, -0.15) is 0 Å². The summed E-state index contributed by atoms with van der Waals surface area (Å²) in [5, 5.41) is 0. The number of likely N-dealkylation sites (tertiary alicyclic amines) is 1. The molecule has 0 aliphatic carbocycles. The highest BCUT2D eigenvalue weighted by Crippen LogP contribution is 2.38.